The monoisotopic (exact) mass is 354 g/mol. The van der Waals surface area contributed by atoms with E-state index in [1.54, 1.807) is 5.51 Å². The van der Waals surface area contributed by atoms with Crippen LogP contribution >= 0.6 is 27.3 Å². The van der Waals surface area contributed by atoms with Gasteiger partial charge in [0.25, 0.3) is 5.91 Å². The van der Waals surface area contributed by atoms with Crippen molar-refractivity contribution in [2.75, 3.05) is 11.9 Å². The molecule has 2 aromatic rings. The van der Waals surface area contributed by atoms with Gasteiger partial charge < -0.3 is 10.1 Å². The Balaban J connectivity index is 2.18. The first-order chi connectivity index (χ1) is 9.65. The number of carbonyl (C=O) groups excluding carboxylic acids is 1. The fourth-order valence-electron chi connectivity index (χ4n) is 1.77. The summed E-state index contributed by atoms with van der Waals surface area (Å²) in [7, 11) is 0. The van der Waals surface area contributed by atoms with Crippen molar-refractivity contribution in [1.29, 1.82) is 0 Å². The van der Waals surface area contributed by atoms with Crippen molar-refractivity contribution in [3.63, 3.8) is 0 Å². The van der Waals surface area contributed by atoms with Crippen molar-refractivity contribution in [3.8, 4) is 5.75 Å². The van der Waals surface area contributed by atoms with Crippen LogP contribution in [0.4, 0.5) is 5.69 Å². The number of benzene rings is 1. The minimum atomic E-state index is -0.130. The molecule has 1 N–H and O–H groups in total. The van der Waals surface area contributed by atoms with Crippen LogP contribution in [-0.4, -0.2) is 17.5 Å². The highest BCUT2D eigenvalue weighted by Crippen LogP contribution is 2.26. The highest BCUT2D eigenvalue weighted by Gasteiger charge is 2.12. The Morgan fingerprint density at radius 1 is 1.50 bits per heavy atom. The van der Waals surface area contributed by atoms with E-state index < -0.39 is 0 Å². The zero-order chi connectivity index (χ0) is 14.5. The summed E-state index contributed by atoms with van der Waals surface area (Å²) in [6.07, 6.45) is 0. The van der Waals surface area contributed by atoms with Crippen LogP contribution in [0.2, 0.25) is 0 Å². The molecule has 0 aliphatic heterocycles. The number of rotatable bonds is 5. The Morgan fingerprint density at radius 2 is 2.30 bits per heavy atom. The molecule has 2 rings (SSSR count). The van der Waals surface area contributed by atoms with E-state index in [-0.39, 0.29) is 5.91 Å². The molecule has 6 heteroatoms. The van der Waals surface area contributed by atoms with E-state index in [1.807, 2.05) is 32.0 Å². The van der Waals surface area contributed by atoms with Crippen LogP contribution in [0.25, 0.3) is 0 Å². The summed E-state index contributed by atoms with van der Waals surface area (Å²) in [5.74, 6) is 0.700. The van der Waals surface area contributed by atoms with Gasteiger partial charge in [-0.05, 0) is 32.0 Å². The SMILES string of the molecule is CCOc1ccc(NC(=O)c2scnc2C)cc1CBr. The van der Waals surface area contributed by atoms with Crippen molar-refractivity contribution in [3.05, 3.63) is 39.8 Å². The predicted octanol–water partition coefficient (Wildman–Crippen LogP) is 4.00. The number of nitrogens with zero attached hydrogens (tertiary/aromatic N) is 1. The van der Waals surface area contributed by atoms with Gasteiger partial charge in [-0.2, -0.15) is 0 Å². The topological polar surface area (TPSA) is 51.2 Å². The zero-order valence-corrected chi connectivity index (χ0v) is 13.7. The van der Waals surface area contributed by atoms with Crippen LogP contribution < -0.4 is 10.1 Å². The second kappa shape index (κ2) is 6.85. The minimum Gasteiger partial charge on any atom is -0.494 e. The number of ether oxygens (including phenoxy) is 1. The number of anilines is 1. The predicted molar refractivity (Wildman–Crippen MR) is 85.0 cm³/mol. The van der Waals surface area contributed by atoms with Crippen LogP contribution in [-0.2, 0) is 5.33 Å². The molecule has 0 spiro atoms. The maximum atomic E-state index is 12.1. The smallest absolute Gasteiger partial charge is 0.267 e. The number of halogens is 1. The summed E-state index contributed by atoms with van der Waals surface area (Å²) in [4.78, 5) is 16.8. The van der Waals surface area contributed by atoms with Crippen molar-refractivity contribution in [1.82, 2.24) is 4.98 Å². The van der Waals surface area contributed by atoms with Crippen LogP contribution in [0.5, 0.6) is 5.75 Å². The molecule has 0 saturated heterocycles. The van der Waals surface area contributed by atoms with Crippen LogP contribution in [0.3, 0.4) is 0 Å². The maximum Gasteiger partial charge on any atom is 0.267 e. The van der Waals surface area contributed by atoms with E-state index in [1.165, 1.54) is 11.3 Å². The van der Waals surface area contributed by atoms with Gasteiger partial charge in [0.15, 0.2) is 0 Å². The summed E-state index contributed by atoms with van der Waals surface area (Å²) in [6.45, 7) is 4.39. The summed E-state index contributed by atoms with van der Waals surface area (Å²) in [5.41, 5.74) is 4.18. The number of hydrogen-bond acceptors (Lipinski definition) is 4. The third-order valence-electron chi connectivity index (χ3n) is 2.71. The Labute approximate surface area is 130 Å². The normalized spacial score (nSPS) is 10.3. The number of carbonyl (C=O) groups is 1. The molecule has 0 aliphatic carbocycles. The summed E-state index contributed by atoms with van der Waals surface area (Å²) in [5, 5.41) is 3.56. The number of aryl methyl sites for hydroxylation is 1. The average Bonchev–Trinajstić information content (AvgIpc) is 2.87. The third kappa shape index (κ3) is 3.37. The molecule has 0 saturated carbocycles. The first kappa shape index (κ1) is 15.0. The van der Waals surface area contributed by atoms with Gasteiger partial charge >= 0.3 is 0 Å². The number of nitrogens with one attached hydrogen (secondary N) is 1. The molecule has 0 atom stereocenters. The van der Waals surface area contributed by atoms with E-state index in [0.29, 0.717) is 16.8 Å². The fraction of sp³-hybridized carbons (Fsp3) is 0.286. The van der Waals surface area contributed by atoms with Gasteiger partial charge in [0.1, 0.15) is 10.6 Å². The van der Waals surface area contributed by atoms with E-state index in [0.717, 1.165) is 22.7 Å². The molecule has 106 valence electrons. The van der Waals surface area contributed by atoms with Crippen LogP contribution in [0.1, 0.15) is 27.9 Å². The largest absolute Gasteiger partial charge is 0.494 e. The Bertz CT molecular complexity index is 613. The van der Waals surface area contributed by atoms with Crippen molar-refractivity contribution >= 4 is 38.9 Å². The second-order valence-corrected chi connectivity index (χ2v) is 5.53. The van der Waals surface area contributed by atoms with Crippen molar-refractivity contribution in [2.45, 2.75) is 19.2 Å². The van der Waals surface area contributed by atoms with Crippen LogP contribution in [0, 0.1) is 6.92 Å². The fourth-order valence-corrected chi connectivity index (χ4v) is 2.90. The Morgan fingerprint density at radius 3 is 2.90 bits per heavy atom. The molecule has 0 unspecified atom stereocenters. The molecule has 1 aromatic heterocycles. The average molecular weight is 355 g/mol. The van der Waals surface area contributed by atoms with E-state index in [2.05, 4.69) is 26.2 Å². The molecular weight excluding hydrogens is 340 g/mol. The van der Waals surface area contributed by atoms with Gasteiger partial charge in [0.2, 0.25) is 0 Å². The van der Waals surface area contributed by atoms with Crippen molar-refractivity contribution < 1.29 is 9.53 Å². The number of thiazole rings is 1. The van der Waals surface area contributed by atoms with E-state index in [9.17, 15) is 4.79 Å². The molecule has 0 aliphatic rings. The number of amides is 1. The molecule has 1 aromatic carbocycles. The highest BCUT2D eigenvalue weighted by atomic mass is 79.9. The van der Waals surface area contributed by atoms with Gasteiger partial charge in [0.05, 0.1) is 17.8 Å². The van der Waals surface area contributed by atoms with Gasteiger partial charge in [-0.25, -0.2) is 4.98 Å². The lowest BCUT2D eigenvalue weighted by atomic mass is 10.2. The molecule has 20 heavy (non-hydrogen) atoms. The summed E-state index contributed by atoms with van der Waals surface area (Å²) < 4.78 is 5.53. The summed E-state index contributed by atoms with van der Waals surface area (Å²) >= 11 is 4.77. The standard InChI is InChI=1S/C14H15BrN2O2S/c1-3-19-12-5-4-11(6-10(12)7-15)17-14(18)13-9(2)16-8-20-13/h4-6,8H,3,7H2,1-2H3,(H,17,18). The lowest BCUT2D eigenvalue weighted by molar-refractivity contribution is 0.103. The first-order valence-electron chi connectivity index (χ1n) is 6.18. The van der Waals surface area contributed by atoms with E-state index >= 15 is 0 Å². The zero-order valence-electron chi connectivity index (χ0n) is 11.3. The molecular formula is C14H15BrN2O2S. The van der Waals surface area contributed by atoms with Gasteiger partial charge in [-0.1, -0.05) is 15.9 Å². The Kier molecular flexibility index (Phi) is 5.14. The Hall–Kier alpha value is -1.40. The third-order valence-corrected chi connectivity index (χ3v) is 4.25. The lowest BCUT2D eigenvalue weighted by Crippen LogP contribution is -2.11. The van der Waals surface area contributed by atoms with E-state index in [4.69, 9.17) is 4.74 Å². The minimum absolute atomic E-state index is 0.130. The number of alkyl halides is 1. The molecule has 0 fully saturated rings. The van der Waals surface area contributed by atoms with Gasteiger partial charge in [-0.15, -0.1) is 11.3 Å². The lowest BCUT2D eigenvalue weighted by Gasteiger charge is -2.11. The second-order valence-electron chi connectivity index (χ2n) is 4.11. The molecule has 1 heterocycles. The number of hydrogen-bond donors (Lipinski definition) is 1. The molecule has 0 radical (unpaired) electrons. The first-order valence-corrected chi connectivity index (χ1v) is 8.19. The molecule has 1 amide bonds. The highest BCUT2D eigenvalue weighted by molar-refractivity contribution is 9.08. The molecule has 0 bridgehead atoms. The number of aromatic nitrogens is 1. The molecule has 4 nitrogen and oxygen atoms in total. The van der Waals surface area contributed by atoms with Gasteiger partial charge in [-0.3, -0.25) is 4.79 Å². The summed E-state index contributed by atoms with van der Waals surface area (Å²) in [6, 6.07) is 5.62. The quantitative estimate of drug-likeness (QED) is 0.825. The maximum absolute atomic E-state index is 12.1. The van der Waals surface area contributed by atoms with Crippen LogP contribution in [0.15, 0.2) is 23.7 Å². The van der Waals surface area contributed by atoms with Crippen molar-refractivity contribution in [2.24, 2.45) is 0 Å². The van der Waals surface area contributed by atoms with Gasteiger partial charge in [0, 0.05) is 16.6 Å².